The molecule has 0 bridgehead atoms. The summed E-state index contributed by atoms with van der Waals surface area (Å²) in [4.78, 5) is 12.4. The molecule has 0 aliphatic heterocycles. The van der Waals surface area contributed by atoms with Crippen LogP contribution >= 0.6 is 11.6 Å². The van der Waals surface area contributed by atoms with Crippen molar-refractivity contribution in [3.05, 3.63) is 71.2 Å². The molecule has 1 N–H and O–H groups in total. The molecule has 3 aromatic rings. The third-order valence-electron chi connectivity index (χ3n) is 4.48. The van der Waals surface area contributed by atoms with Crippen molar-refractivity contribution in [2.45, 2.75) is 26.4 Å². The predicted molar refractivity (Wildman–Crippen MR) is 113 cm³/mol. The lowest BCUT2D eigenvalue weighted by molar-refractivity contribution is -0.128. The zero-order valence-electron chi connectivity index (χ0n) is 16.1. The molecular formula is C23H24ClNO3. The van der Waals surface area contributed by atoms with Crippen molar-refractivity contribution in [2.24, 2.45) is 0 Å². The molecule has 0 aliphatic rings. The van der Waals surface area contributed by atoms with Gasteiger partial charge in [0.25, 0.3) is 5.91 Å². The lowest BCUT2D eigenvalue weighted by Crippen LogP contribution is -2.39. The van der Waals surface area contributed by atoms with E-state index >= 15 is 0 Å². The highest BCUT2D eigenvalue weighted by Crippen LogP contribution is 2.25. The fourth-order valence-electron chi connectivity index (χ4n) is 2.95. The molecule has 1 amide bonds. The lowest BCUT2D eigenvalue weighted by Gasteiger charge is -2.18. The number of carbonyl (C=O) groups excluding carboxylic acids is 1. The standard InChI is InChI=1S/C23H24ClNO3/c1-3-21(28-18-11-12-20(24)16(2)15-18)23(26)25-13-14-27-22-10-6-8-17-7-4-5-9-19(17)22/h4-12,15,21H,3,13-14H2,1-2H3,(H,25,26)/t21-/m1/s1. The monoisotopic (exact) mass is 397 g/mol. The Hall–Kier alpha value is -2.72. The van der Waals surface area contributed by atoms with Crippen LogP contribution in [0.25, 0.3) is 10.8 Å². The number of rotatable bonds is 8. The fourth-order valence-corrected chi connectivity index (χ4v) is 3.07. The zero-order valence-corrected chi connectivity index (χ0v) is 16.8. The highest BCUT2D eigenvalue weighted by Gasteiger charge is 2.18. The third kappa shape index (κ3) is 4.96. The van der Waals surface area contributed by atoms with E-state index in [1.165, 1.54) is 0 Å². The molecule has 0 fully saturated rings. The molecule has 0 aliphatic carbocycles. The second-order valence-electron chi connectivity index (χ2n) is 6.54. The number of hydrogen-bond donors (Lipinski definition) is 1. The van der Waals surface area contributed by atoms with Crippen molar-refractivity contribution in [3.63, 3.8) is 0 Å². The lowest BCUT2D eigenvalue weighted by atomic mass is 10.1. The quantitative estimate of drug-likeness (QED) is 0.534. The highest BCUT2D eigenvalue weighted by atomic mass is 35.5. The molecule has 0 saturated heterocycles. The van der Waals surface area contributed by atoms with Gasteiger partial charge in [-0.1, -0.05) is 54.9 Å². The molecule has 0 radical (unpaired) electrons. The van der Waals surface area contributed by atoms with E-state index in [1.807, 2.05) is 62.4 Å². The first kappa shape index (κ1) is 20.0. The molecule has 4 nitrogen and oxygen atoms in total. The van der Waals surface area contributed by atoms with E-state index in [9.17, 15) is 4.79 Å². The fraction of sp³-hybridized carbons (Fsp3) is 0.261. The molecule has 0 spiro atoms. The van der Waals surface area contributed by atoms with E-state index in [-0.39, 0.29) is 5.91 Å². The molecule has 0 unspecified atom stereocenters. The minimum absolute atomic E-state index is 0.156. The molecule has 3 rings (SSSR count). The van der Waals surface area contributed by atoms with Crippen LogP contribution in [0.3, 0.4) is 0 Å². The van der Waals surface area contributed by atoms with Gasteiger partial charge in [-0.2, -0.15) is 0 Å². The molecule has 3 aromatic carbocycles. The summed E-state index contributed by atoms with van der Waals surface area (Å²) in [6, 6.07) is 19.4. The molecule has 146 valence electrons. The van der Waals surface area contributed by atoms with E-state index in [4.69, 9.17) is 21.1 Å². The number of nitrogens with one attached hydrogen (secondary N) is 1. The van der Waals surface area contributed by atoms with Gasteiger partial charge >= 0.3 is 0 Å². The first-order chi connectivity index (χ1) is 13.6. The summed E-state index contributed by atoms with van der Waals surface area (Å²) in [7, 11) is 0. The van der Waals surface area contributed by atoms with Crippen LogP contribution in [0, 0.1) is 6.92 Å². The van der Waals surface area contributed by atoms with Crippen LogP contribution < -0.4 is 14.8 Å². The third-order valence-corrected chi connectivity index (χ3v) is 4.90. The molecule has 28 heavy (non-hydrogen) atoms. The Bertz CT molecular complexity index is 952. The van der Waals surface area contributed by atoms with Crippen molar-refractivity contribution in [3.8, 4) is 11.5 Å². The molecule has 1 atom stereocenters. The van der Waals surface area contributed by atoms with Crippen molar-refractivity contribution in [1.29, 1.82) is 0 Å². The normalized spacial score (nSPS) is 11.8. The van der Waals surface area contributed by atoms with Crippen molar-refractivity contribution < 1.29 is 14.3 Å². The summed E-state index contributed by atoms with van der Waals surface area (Å²) in [6.07, 6.45) is 0.00986. The highest BCUT2D eigenvalue weighted by molar-refractivity contribution is 6.31. The SMILES string of the molecule is CC[C@@H](Oc1ccc(Cl)c(C)c1)C(=O)NCCOc1cccc2ccccc12. The van der Waals surface area contributed by atoms with Gasteiger partial charge in [0.2, 0.25) is 0 Å². The maximum absolute atomic E-state index is 12.4. The summed E-state index contributed by atoms with van der Waals surface area (Å²) >= 11 is 6.04. The topological polar surface area (TPSA) is 47.6 Å². The Kier molecular flexibility index (Phi) is 6.77. The average molecular weight is 398 g/mol. The van der Waals surface area contributed by atoms with Crippen LogP contribution in [0.4, 0.5) is 0 Å². The van der Waals surface area contributed by atoms with Gasteiger partial charge in [0, 0.05) is 10.4 Å². The maximum atomic E-state index is 12.4. The van der Waals surface area contributed by atoms with Crippen LogP contribution in [0.2, 0.25) is 5.02 Å². The van der Waals surface area contributed by atoms with Gasteiger partial charge < -0.3 is 14.8 Å². The predicted octanol–water partition coefficient (Wildman–Crippen LogP) is 5.15. The number of amides is 1. The van der Waals surface area contributed by atoms with Gasteiger partial charge in [0.1, 0.15) is 18.1 Å². The van der Waals surface area contributed by atoms with E-state index < -0.39 is 6.10 Å². The van der Waals surface area contributed by atoms with Gasteiger partial charge in [0.05, 0.1) is 6.54 Å². The Morgan fingerprint density at radius 1 is 1.11 bits per heavy atom. The minimum Gasteiger partial charge on any atom is -0.491 e. The zero-order chi connectivity index (χ0) is 19.9. The number of benzene rings is 3. The molecule has 0 saturated carbocycles. The van der Waals surface area contributed by atoms with Gasteiger partial charge in [0.15, 0.2) is 6.10 Å². The molecule has 5 heteroatoms. The van der Waals surface area contributed by atoms with Gasteiger partial charge in [-0.25, -0.2) is 0 Å². The molecule has 0 aromatic heterocycles. The first-order valence-electron chi connectivity index (χ1n) is 9.39. The van der Waals surface area contributed by atoms with E-state index in [2.05, 4.69) is 5.32 Å². The van der Waals surface area contributed by atoms with E-state index in [0.717, 1.165) is 22.1 Å². The summed E-state index contributed by atoms with van der Waals surface area (Å²) in [5, 5.41) is 5.75. The molecule has 0 heterocycles. The van der Waals surface area contributed by atoms with Crippen LogP contribution in [0.5, 0.6) is 11.5 Å². The smallest absolute Gasteiger partial charge is 0.261 e. The van der Waals surface area contributed by atoms with Gasteiger partial charge in [-0.05, 0) is 48.6 Å². The first-order valence-corrected chi connectivity index (χ1v) is 9.77. The van der Waals surface area contributed by atoms with Crippen LogP contribution in [-0.2, 0) is 4.79 Å². The summed E-state index contributed by atoms with van der Waals surface area (Å²) < 4.78 is 11.7. The second kappa shape index (κ2) is 9.47. The number of hydrogen-bond acceptors (Lipinski definition) is 3. The Morgan fingerprint density at radius 2 is 1.89 bits per heavy atom. The second-order valence-corrected chi connectivity index (χ2v) is 6.95. The summed E-state index contributed by atoms with van der Waals surface area (Å²) in [5.74, 6) is 1.29. The minimum atomic E-state index is -0.557. The maximum Gasteiger partial charge on any atom is 0.261 e. The van der Waals surface area contributed by atoms with Crippen molar-refractivity contribution in [2.75, 3.05) is 13.2 Å². The van der Waals surface area contributed by atoms with E-state index in [0.29, 0.717) is 30.3 Å². The summed E-state index contributed by atoms with van der Waals surface area (Å²) in [5.41, 5.74) is 0.915. The van der Waals surface area contributed by atoms with E-state index in [1.54, 1.807) is 12.1 Å². The largest absolute Gasteiger partial charge is 0.491 e. The Labute approximate surface area is 170 Å². The molecular weight excluding hydrogens is 374 g/mol. The van der Waals surface area contributed by atoms with Crippen LogP contribution in [0.1, 0.15) is 18.9 Å². The summed E-state index contributed by atoms with van der Waals surface area (Å²) in [6.45, 7) is 4.61. The van der Waals surface area contributed by atoms with Gasteiger partial charge in [-0.15, -0.1) is 0 Å². The average Bonchev–Trinajstić information content (AvgIpc) is 2.71. The number of carbonyl (C=O) groups is 1. The number of halogens is 1. The number of ether oxygens (including phenoxy) is 2. The number of fused-ring (bicyclic) bond motifs is 1. The van der Waals surface area contributed by atoms with Crippen LogP contribution in [0.15, 0.2) is 60.7 Å². The Morgan fingerprint density at radius 3 is 2.68 bits per heavy atom. The number of aryl methyl sites for hydroxylation is 1. The van der Waals surface area contributed by atoms with Crippen LogP contribution in [-0.4, -0.2) is 25.2 Å². The van der Waals surface area contributed by atoms with Crippen molar-refractivity contribution in [1.82, 2.24) is 5.32 Å². The Balaban J connectivity index is 1.51. The van der Waals surface area contributed by atoms with Gasteiger partial charge in [-0.3, -0.25) is 4.79 Å². The van der Waals surface area contributed by atoms with Crippen molar-refractivity contribution >= 4 is 28.3 Å².